The zero-order chi connectivity index (χ0) is 29.0. The summed E-state index contributed by atoms with van der Waals surface area (Å²) in [5, 5.41) is 2.95. The number of nitrogens with one attached hydrogen (secondary N) is 1. The van der Waals surface area contributed by atoms with E-state index in [2.05, 4.69) is 35.3 Å². The largest absolute Gasteiger partial charge is 0.468 e. The van der Waals surface area contributed by atoms with Gasteiger partial charge in [0.15, 0.2) is 0 Å². The third-order valence-corrected chi connectivity index (χ3v) is 8.75. The molecule has 0 radical (unpaired) electrons. The molecule has 1 aliphatic rings. The first-order valence-corrected chi connectivity index (χ1v) is 16.2. The van der Waals surface area contributed by atoms with E-state index in [1.54, 1.807) is 18.0 Å². The Kier molecular flexibility index (Phi) is 11.9. The van der Waals surface area contributed by atoms with Crippen molar-refractivity contribution in [2.75, 3.05) is 25.7 Å². The van der Waals surface area contributed by atoms with Crippen LogP contribution in [0.25, 0.3) is 11.1 Å². The zero-order valence-electron chi connectivity index (χ0n) is 24.7. The molecule has 0 bridgehead atoms. The fourth-order valence-electron chi connectivity index (χ4n) is 5.78. The molecule has 0 spiro atoms. The van der Waals surface area contributed by atoms with Crippen molar-refractivity contribution in [1.29, 1.82) is 0 Å². The predicted molar refractivity (Wildman–Crippen MR) is 167 cm³/mol. The van der Waals surface area contributed by atoms with E-state index < -0.39 is 12.0 Å². The highest BCUT2D eigenvalue weighted by Gasteiger charge is 2.24. The van der Waals surface area contributed by atoms with Crippen molar-refractivity contribution in [3.05, 3.63) is 83.3 Å². The van der Waals surface area contributed by atoms with Crippen molar-refractivity contribution < 1.29 is 18.7 Å². The van der Waals surface area contributed by atoms with E-state index in [0.717, 1.165) is 59.3 Å². The third kappa shape index (κ3) is 8.98. The number of thioether (sulfide) groups is 1. The minimum Gasteiger partial charge on any atom is -0.468 e. The zero-order valence-corrected chi connectivity index (χ0v) is 25.5. The minimum atomic E-state index is -0.687. The number of hydrogen-bond donors (Lipinski definition) is 1. The van der Waals surface area contributed by atoms with Crippen LogP contribution < -0.4 is 5.32 Å². The number of benzene rings is 2. The van der Waals surface area contributed by atoms with Crippen molar-refractivity contribution >= 4 is 23.6 Å². The first kappa shape index (κ1) is 30.9. The summed E-state index contributed by atoms with van der Waals surface area (Å²) in [5.41, 5.74) is 4.67. The number of esters is 1. The Balaban J connectivity index is 1.60. The maximum absolute atomic E-state index is 13.6. The fraction of sp³-hybridized carbons (Fsp3) is 0.471. The van der Waals surface area contributed by atoms with Crippen molar-refractivity contribution in [3.8, 4) is 11.1 Å². The van der Waals surface area contributed by atoms with Gasteiger partial charge in [0, 0.05) is 12.1 Å². The molecule has 1 aliphatic carbocycles. The first-order chi connectivity index (χ1) is 20.0. The summed E-state index contributed by atoms with van der Waals surface area (Å²) < 4.78 is 10.7. The van der Waals surface area contributed by atoms with Crippen molar-refractivity contribution in [2.24, 2.45) is 5.92 Å². The molecule has 1 fully saturated rings. The molecule has 1 amide bonds. The molecule has 1 heterocycles. The molecular formula is C34H44N2O4S. The highest BCUT2D eigenvalue weighted by molar-refractivity contribution is 7.98. The van der Waals surface area contributed by atoms with Crippen LogP contribution in [-0.2, 0) is 22.6 Å². The fourth-order valence-corrected chi connectivity index (χ4v) is 6.26. The maximum atomic E-state index is 13.6. The summed E-state index contributed by atoms with van der Waals surface area (Å²) >= 11 is 1.63. The lowest BCUT2D eigenvalue weighted by atomic mass is 9.87. The second kappa shape index (κ2) is 15.8. The number of nitrogens with zero attached hydrogens (tertiary/aromatic N) is 1. The molecule has 6 nitrogen and oxygen atoms in total. The molecule has 0 saturated heterocycles. The van der Waals surface area contributed by atoms with Gasteiger partial charge in [0.05, 0.1) is 19.9 Å². The van der Waals surface area contributed by atoms with Gasteiger partial charge < -0.3 is 14.5 Å². The average Bonchev–Trinajstić information content (AvgIpc) is 3.51. The Hall–Kier alpha value is -3.03. The highest BCUT2D eigenvalue weighted by Crippen LogP contribution is 2.30. The lowest BCUT2D eigenvalue weighted by Crippen LogP contribution is -2.42. The molecule has 1 saturated carbocycles. The van der Waals surface area contributed by atoms with E-state index in [1.165, 1.54) is 45.6 Å². The normalized spacial score (nSPS) is 14.6. The van der Waals surface area contributed by atoms with E-state index in [-0.39, 0.29) is 5.91 Å². The Morgan fingerprint density at radius 2 is 1.85 bits per heavy atom. The monoisotopic (exact) mass is 576 g/mol. The number of aryl methyl sites for hydroxylation is 1. The molecule has 7 heteroatoms. The average molecular weight is 577 g/mol. The number of methoxy groups -OCH3 is 1. The van der Waals surface area contributed by atoms with Gasteiger partial charge in [-0.05, 0) is 90.8 Å². The second-order valence-corrected chi connectivity index (χ2v) is 12.1. The number of carbonyl (C=O) groups is 2. The van der Waals surface area contributed by atoms with Gasteiger partial charge >= 0.3 is 5.97 Å². The number of carbonyl (C=O) groups excluding carboxylic acids is 2. The SMILES string of the molecule is COC(=O)C(CCSC)NC(=O)c1ccc(CN(CCC2CCCCC2)Cc2ccco2)cc1-c1ccccc1C. The Bertz CT molecular complexity index is 1250. The van der Waals surface area contributed by atoms with Crippen LogP contribution in [-0.4, -0.2) is 48.5 Å². The van der Waals surface area contributed by atoms with Gasteiger partial charge in [-0.1, -0.05) is 62.4 Å². The molecular weight excluding hydrogens is 532 g/mol. The molecule has 41 heavy (non-hydrogen) atoms. The Labute approximate surface area is 249 Å². The van der Waals surface area contributed by atoms with Gasteiger partial charge in [-0.3, -0.25) is 9.69 Å². The van der Waals surface area contributed by atoms with Gasteiger partial charge in [0.25, 0.3) is 5.91 Å². The standard InChI is InChI=1S/C34H44N2O4S/c1-25-10-7-8-14-29(25)31-22-27(15-16-30(31)33(37)35-32(18-21-41-3)34(38)39-2)23-36(24-28-13-9-20-40-28)19-17-26-11-5-4-6-12-26/h7-10,13-16,20,22,26,32H,4-6,11-12,17-19,21,23-24H2,1-3H3,(H,35,37). The van der Waals surface area contributed by atoms with Gasteiger partial charge in [0.1, 0.15) is 11.8 Å². The third-order valence-electron chi connectivity index (χ3n) is 8.11. The van der Waals surface area contributed by atoms with E-state index in [9.17, 15) is 9.59 Å². The summed E-state index contributed by atoms with van der Waals surface area (Å²) in [6, 6.07) is 17.5. The number of amides is 1. The molecule has 220 valence electrons. The summed E-state index contributed by atoms with van der Waals surface area (Å²) in [6.07, 6.45) is 12.1. The summed E-state index contributed by atoms with van der Waals surface area (Å²) in [6.45, 7) is 4.57. The molecule has 2 aromatic carbocycles. The topological polar surface area (TPSA) is 71.8 Å². The predicted octanol–water partition coefficient (Wildman–Crippen LogP) is 7.25. The van der Waals surface area contributed by atoms with E-state index in [1.807, 2.05) is 42.7 Å². The van der Waals surface area contributed by atoms with E-state index >= 15 is 0 Å². The molecule has 1 N–H and O–H groups in total. The van der Waals surface area contributed by atoms with Crippen LogP contribution in [0.15, 0.2) is 65.3 Å². The number of ether oxygens (including phenoxy) is 1. The van der Waals surface area contributed by atoms with Crippen LogP contribution in [0.3, 0.4) is 0 Å². The van der Waals surface area contributed by atoms with Gasteiger partial charge in [0.2, 0.25) is 0 Å². The molecule has 1 unspecified atom stereocenters. The molecule has 0 aliphatic heterocycles. The quantitative estimate of drug-likeness (QED) is 0.204. The van der Waals surface area contributed by atoms with Crippen LogP contribution in [0, 0.1) is 12.8 Å². The minimum absolute atomic E-state index is 0.268. The van der Waals surface area contributed by atoms with Gasteiger partial charge in [-0.15, -0.1) is 0 Å². The lowest BCUT2D eigenvalue weighted by molar-refractivity contribution is -0.142. The van der Waals surface area contributed by atoms with Crippen LogP contribution in [0.1, 0.15) is 72.2 Å². The van der Waals surface area contributed by atoms with Crippen molar-refractivity contribution in [2.45, 2.75) is 71.0 Å². The van der Waals surface area contributed by atoms with Gasteiger partial charge in [-0.2, -0.15) is 11.8 Å². The van der Waals surface area contributed by atoms with Crippen molar-refractivity contribution in [1.82, 2.24) is 10.2 Å². The van der Waals surface area contributed by atoms with E-state index in [4.69, 9.17) is 9.15 Å². The first-order valence-electron chi connectivity index (χ1n) is 14.8. The molecule has 4 rings (SSSR count). The summed E-state index contributed by atoms with van der Waals surface area (Å²) in [5.74, 6) is 1.81. The maximum Gasteiger partial charge on any atom is 0.328 e. The van der Waals surface area contributed by atoms with Gasteiger partial charge in [-0.25, -0.2) is 4.79 Å². The van der Waals surface area contributed by atoms with Crippen molar-refractivity contribution in [3.63, 3.8) is 0 Å². The number of furan rings is 1. The number of rotatable bonds is 14. The highest BCUT2D eigenvalue weighted by atomic mass is 32.2. The number of hydrogen-bond acceptors (Lipinski definition) is 6. The molecule has 3 aromatic rings. The molecule has 1 aromatic heterocycles. The summed E-state index contributed by atoms with van der Waals surface area (Å²) in [7, 11) is 1.36. The summed E-state index contributed by atoms with van der Waals surface area (Å²) in [4.78, 5) is 28.5. The molecule has 1 atom stereocenters. The van der Waals surface area contributed by atoms with Crippen LogP contribution >= 0.6 is 11.8 Å². The Morgan fingerprint density at radius 1 is 1.05 bits per heavy atom. The van der Waals surface area contributed by atoms with Crippen LogP contribution in [0.2, 0.25) is 0 Å². The smallest absolute Gasteiger partial charge is 0.328 e. The Morgan fingerprint density at radius 3 is 2.56 bits per heavy atom. The van der Waals surface area contributed by atoms with Crippen LogP contribution in [0.5, 0.6) is 0 Å². The second-order valence-electron chi connectivity index (χ2n) is 11.1. The van der Waals surface area contributed by atoms with E-state index in [0.29, 0.717) is 12.0 Å². The lowest BCUT2D eigenvalue weighted by Gasteiger charge is -2.27. The van der Waals surface area contributed by atoms with Crippen LogP contribution in [0.4, 0.5) is 0 Å².